The fourth-order valence-corrected chi connectivity index (χ4v) is 3.09. The van der Waals surface area contributed by atoms with E-state index in [1.165, 1.54) is 26.0 Å². The van der Waals surface area contributed by atoms with Crippen LogP contribution >= 0.6 is 0 Å². The Morgan fingerprint density at radius 2 is 1.83 bits per heavy atom. The summed E-state index contributed by atoms with van der Waals surface area (Å²) in [6.45, 7) is 2.31. The molecule has 8 heteroatoms. The molecule has 0 spiro atoms. The molecule has 1 aromatic carbocycles. The predicted octanol–water partition coefficient (Wildman–Crippen LogP) is 4.81. The van der Waals surface area contributed by atoms with Crippen LogP contribution in [0.2, 0.25) is 0 Å². The molecule has 0 bridgehead atoms. The molecule has 0 unspecified atom stereocenters. The van der Waals surface area contributed by atoms with Crippen LogP contribution in [0.1, 0.15) is 33.7 Å². The second kappa shape index (κ2) is 9.32. The third kappa shape index (κ3) is 5.51. The van der Waals surface area contributed by atoms with Crippen LogP contribution in [0.3, 0.4) is 0 Å². The van der Waals surface area contributed by atoms with Gasteiger partial charge in [-0.15, -0.1) is 0 Å². The summed E-state index contributed by atoms with van der Waals surface area (Å²) in [5, 5.41) is 18.1. The summed E-state index contributed by atoms with van der Waals surface area (Å²) in [6, 6.07) is 12.4. The Morgan fingerprint density at radius 3 is 2.37 bits per heavy atom. The van der Waals surface area contributed by atoms with Gasteiger partial charge in [-0.05, 0) is 43.7 Å². The number of carbonyl (C=O) groups excluding carboxylic acids is 1. The summed E-state index contributed by atoms with van der Waals surface area (Å²) in [5.41, 5.74) is 1.88. The van der Waals surface area contributed by atoms with E-state index in [-0.39, 0.29) is 16.8 Å². The van der Waals surface area contributed by atoms with E-state index in [2.05, 4.69) is 6.07 Å². The first-order valence-corrected chi connectivity index (χ1v) is 9.15. The Kier molecular flexibility index (Phi) is 7.07. The monoisotopic (exact) mass is 414 g/mol. The third-order valence-electron chi connectivity index (χ3n) is 4.72. The van der Waals surface area contributed by atoms with Crippen LogP contribution in [0.5, 0.6) is 0 Å². The van der Waals surface area contributed by atoms with E-state index in [4.69, 9.17) is 5.26 Å². The third-order valence-corrected chi connectivity index (χ3v) is 4.72. The highest BCUT2D eigenvalue weighted by molar-refractivity contribution is 6.14. The van der Waals surface area contributed by atoms with Gasteiger partial charge in [-0.3, -0.25) is 4.79 Å². The maximum absolute atomic E-state index is 12.8. The van der Waals surface area contributed by atoms with Crippen LogP contribution in [0.15, 0.2) is 35.9 Å². The number of anilines is 1. The summed E-state index contributed by atoms with van der Waals surface area (Å²) in [6.07, 6.45) is -2.61. The number of ketones is 1. The van der Waals surface area contributed by atoms with E-state index in [0.717, 1.165) is 10.3 Å². The fraction of sp³-hybridized carbons (Fsp3) is 0.318. The number of nitriles is 2. The molecular formula is C22H21F3N4O. The molecule has 2 rings (SSSR count). The van der Waals surface area contributed by atoms with Crippen molar-refractivity contribution in [3.8, 4) is 12.1 Å². The number of benzene rings is 1. The number of aromatic nitrogens is 1. The van der Waals surface area contributed by atoms with Gasteiger partial charge in [0.15, 0.2) is 0 Å². The zero-order valence-electron chi connectivity index (χ0n) is 16.9. The lowest BCUT2D eigenvalue weighted by atomic mass is 10.0. The highest BCUT2D eigenvalue weighted by Crippen LogP contribution is 2.25. The van der Waals surface area contributed by atoms with Crippen LogP contribution < -0.4 is 4.90 Å². The molecule has 0 amide bonds. The second-order valence-corrected chi connectivity index (χ2v) is 6.91. The van der Waals surface area contributed by atoms with Crippen molar-refractivity contribution in [2.75, 3.05) is 18.5 Å². The van der Waals surface area contributed by atoms with Gasteiger partial charge in [-0.2, -0.15) is 23.7 Å². The van der Waals surface area contributed by atoms with E-state index >= 15 is 0 Å². The van der Waals surface area contributed by atoms with Gasteiger partial charge < -0.3 is 9.47 Å². The molecule has 0 aliphatic heterocycles. The van der Waals surface area contributed by atoms with Crippen molar-refractivity contribution >= 4 is 17.5 Å². The van der Waals surface area contributed by atoms with Gasteiger partial charge in [0.2, 0.25) is 5.78 Å². The van der Waals surface area contributed by atoms with E-state index in [9.17, 15) is 23.2 Å². The zero-order valence-corrected chi connectivity index (χ0v) is 16.9. The number of alkyl halides is 3. The summed E-state index contributed by atoms with van der Waals surface area (Å²) in [5.74, 6) is -0.616. The van der Waals surface area contributed by atoms with Gasteiger partial charge in [0.25, 0.3) is 0 Å². The van der Waals surface area contributed by atoms with Gasteiger partial charge in [-0.1, -0.05) is 12.1 Å². The summed E-state index contributed by atoms with van der Waals surface area (Å²) in [4.78, 5) is 14.7. The van der Waals surface area contributed by atoms with E-state index in [1.807, 2.05) is 18.0 Å². The lowest BCUT2D eigenvalue weighted by molar-refractivity contribution is -0.141. The first-order chi connectivity index (χ1) is 14.1. The Balaban J connectivity index is 2.29. The second-order valence-electron chi connectivity index (χ2n) is 6.91. The number of carbonyl (C=O) groups is 1. The minimum Gasteiger partial charge on any atom is -0.374 e. The number of aryl methyl sites for hydroxylation is 1. The fourth-order valence-electron chi connectivity index (χ4n) is 3.09. The molecule has 0 saturated heterocycles. The molecule has 0 aliphatic carbocycles. The Labute approximate surface area is 173 Å². The molecule has 0 aliphatic rings. The SMILES string of the molecule is Cc1cc(C(=O)/C(C#N)=C/c2ccc(N(C)CCC#N)cc2)c(C)n1CC(F)(F)F. The van der Waals surface area contributed by atoms with E-state index < -0.39 is 18.5 Å². The molecule has 156 valence electrons. The molecule has 0 radical (unpaired) electrons. The summed E-state index contributed by atoms with van der Waals surface area (Å²) in [7, 11) is 1.85. The Bertz CT molecular complexity index is 1030. The first-order valence-electron chi connectivity index (χ1n) is 9.15. The van der Waals surface area contributed by atoms with Crippen molar-refractivity contribution in [3.05, 3.63) is 58.4 Å². The molecule has 30 heavy (non-hydrogen) atoms. The normalized spacial score (nSPS) is 11.7. The maximum Gasteiger partial charge on any atom is 0.406 e. The molecule has 0 atom stereocenters. The molecule has 1 aromatic heterocycles. The van der Waals surface area contributed by atoms with Crippen molar-refractivity contribution in [2.45, 2.75) is 33.0 Å². The molecule has 2 aromatic rings. The molecular weight excluding hydrogens is 393 g/mol. The van der Waals surface area contributed by atoms with Gasteiger partial charge in [0.1, 0.15) is 18.2 Å². The molecule has 0 N–H and O–H groups in total. The minimum absolute atomic E-state index is 0.0809. The van der Waals surface area contributed by atoms with Gasteiger partial charge in [-0.25, -0.2) is 0 Å². The standard InChI is InChI=1S/C22H21F3N4O/c1-15-11-20(16(2)29(15)14-22(23,24)25)21(30)18(13-27)12-17-5-7-19(8-6-17)28(3)10-4-9-26/h5-8,11-12H,4,10,14H2,1-3H3/b18-12+. The smallest absolute Gasteiger partial charge is 0.374 e. The molecule has 0 saturated carbocycles. The number of Topliss-reactive ketones (excluding diaryl/α,β-unsaturated/α-hetero) is 1. The average molecular weight is 414 g/mol. The van der Waals surface area contributed by atoms with Gasteiger partial charge >= 0.3 is 6.18 Å². The largest absolute Gasteiger partial charge is 0.406 e. The lowest BCUT2D eigenvalue weighted by Gasteiger charge is -2.17. The van der Waals surface area contributed by atoms with Crippen molar-refractivity contribution in [3.63, 3.8) is 0 Å². The van der Waals surface area contributed by atoms with Gasteiger partial charge in [0, 0.05) is 36.2 Å². The summed E-state index contributed by atoms with van der Waals surface area (Å²) >= 11 is 0. The molecule has 0 fully saturated rings. The number of halogens is 3. The van der Waals surface area contributed by atoms with Gasteiger partial charge in [0.05, 0.1) is 12.5 Å². The van der Waals surface area contributed by atoms with E-state index in [1.54, 1.807) is 24.3 Å². The summed E-state index contributed by atoms with van der Waals surface area (Å²) < 4.78 is 39.4. The van der Waals surface area contributed by atoms with Crippen LogP contribution in [-0.2, 0) is 6.54 Å². The number of hydrogen-bond acceptors (Lipinski definition) is 4. The first kappa shape index (κ1) is 22.8. The van der Waals surface area contributed by atoms with Crippen LogP contribution in [0.4, 0.5) is 18.9 Å². The maximum atomic E-state index is 12.8. The van der Waals surface area contributed by atoms with Crippen molar-refractivity contribution < 1.29 is 18.0 Å². The average Bonchev–Trinajstić information content (AvgIpc) is 2.97. The van der Waals surface area contributed by atoms with Crippen molar-refractivity contribution in [2.24, 2.45) is 0 Å². The number of nitrogens with zero attached hydrogens (tertiary/aromatic N) is 4. The quantitative estimate of drug-likeness (QED) is 0.370. The lowest BCUT2D eigenvalue weighted by Crippen LogP contribution is -2.19. The number of rotatable bonds is 7. The van der Waals surface area contributed by atoms with Crippen LogP contribution in [0, 0.1) is 36.5 Å². The molecule has 1 heterocycles. The van der Waals surface area contributed by atoms with E-state index in [0.29, 0.717) is 24.2 Å². The zero-order chi connectivity index (χ0) is 22.5. The number of hydrogen-bond donors (Lipinski definition) is 0. The highest BCUT2D eigenvalue weighted by Gasteiger charge is 2.30. The highest BCUT2D eigenvalue weighted by atomic mass is 19.4. The van der Waals surface area contributed by atoms with Crippen molar-refractivity contribution in [1.82, 2.24) is 4.57 Å². The number of allylic oxidation sites excluding steroid dienone is 1. The van der Waals surface area contributed by atoms with Crippen LogP contribution in [-0.4, -0.2) is 30.1 Å². The molecule has 5 nitrogen and oxygen atoms in total. The Morgan fingerprint density at radius 1 is 1.20 bits per heavy atom. The minimum atomic E-state index is -4.41. The Hall–Kier alpha value is -3.52. The topological polar surface area (TPSA) is 72.8 Å². The van der Waals surface area contributed by atoms with Crippen molar-refractivity contribution in [1.29, 1.82) is 10.5 Å². The van der Waals surface area contributed by atoms with Crippen LogP contribution in [0.25, 0.3) is 6.08 Å². The predicted molar refractivity (Wildman–Crippen MR) is 108 cm³/mol.